The minimum absolute atomic E-state index is 0.262. The second-order valence-electron chi connectivity index (χ2n) is 2.35. The maximum atomic E-state index is 12.6. The summed E-state index contributed by atoms with van der Waals surface area (Å²) in [7, 11) is 0. The molecule has 0 amide bonds. The highest BCUT2D eigenvalue weighted by atomic mass is 19.1. The van der Waals surface area contributed by atoms with Crippen molar-refractivity contribution in [2.24, 2.45) is 4.99 Å². The van der Waals surface area contributed by atoms with Gasteiger partial charge >= 0.3 is 0 Å². The lowest BCUT2D eigenvalue weighted by atomic mass is 10.3. The minimum atomic E-state index is -0.547. The second kappa shape index (κ2) is 4.99. The number of rotatable bonds is 3. The fourth-order valence-corrected chi connectivity index (χ4v) is 0.636. The molecule has 3 heteroatoms. The van der Waals surface area contributed by atoms with Crippen molar-refractivity contribution in [2.45, 2.75) is 26.8 Å². The second-order valence-corrected chi connectivity index (χ2v) is 2.35. The molecule has 0 saturated heterocycles. The average molecular weight is 161 g/mol. The molecule has 0 aliphatic carbocycles. The van der Waals surface area contributed by atoms with Crippen molar-refractivity contribution in [1.29, 1.82) is 0 Å². The van der Waals surface area contributed by atoms with Gasteiger partial charge in [-0.3, -0.25) is 4.99 Å². The van der Waals surface area contributed by atoms with E-state index in [0.29, 0.717) is 0 Å². The van der Waals surface area contributed by atoms with Crippen molar-refractivity contribution in [2.75, 3.05) is 6.67 Å². The largest absolute Gasteiger partial charge is 0.281 e. The standard InChI is InChI=1S/C8H13F2N/c1-4-8(10)7(3)11-6(2)5-9/h4,6H,5H2,1-3H3/b8-4+,11-7-/t6-/m1/s1. The monoisotopic (exact) mass is 161 g/mol. The summed E-state index contributed by atoms with van der Waals surface area (Å²) in [4.78, 5) is 3.76. The fraction of sp³-hybridized carbons (Fsp3) is 0.625. The average Bonchev–Trinajstić information content (AvgIpc) is 2.02. The molecule has 0 fully saturated rings. The molecule has 0 aromatic rings. The quantitative estimate of drug-likeness (QED) is 0.564. The molecule has 0 saturated carbocycles. The van der Waals surface area contributed by atoms with Gasteiger partial charge in [-0.1, -0.05) is 0 Å². The number of hydrogen-bond donors (Lipinski definition) is 0. The van der Waals surface area contributed by atoms with E-state index >= 15 is 0 Å². The molecule has 0 bridgehead atoms. The van der Waals surface area contributed by atoms with Crippen LogP contribution in [0.15, 0.2) is 16.9 Å². The predicted octanol–water partition coefficient (Wildman–Crippen LogP) is 2.68. The number of hydrogen-bond acceptors (Lipinski definition) is 1. The molecule has 0 rings (SSSR count). The molecule has 0 aromatic heterocycles. The third-order valence-corrected chi connectivity index (χ3v) is 1.24. The molecule has 0 N–H and O–H groups in total. The van der Waals surface area contributed by atoms with Gasteiger partial charge in [-0.15, -0.1) is 0 Å². The van der Waals surface area contributed by atoms with E-state index in [2.05, 4.69) is 4.99 Å². The summed E-state index contributed by atoms with van der Waals surface area (Å²) in [6, 6.07) is -0.444. The van der Waals surface area contributed by atoms with Crippen LogP contribution in [0.5, 0.6) is 0 Å². The summed E-state index contributed by atoms with van der Waals surface area (Å²) >= 11 is 0. The van der Waals surface area contributed by atoms with E-state index in [1.165, 1.54) is 13.0 Å². The smallest absolute Gasteiger partial charge is 0.139 e. The number of aliphatic imine (C=N–C) groups is 1. The summed E-state index contributed by atoms with van der Waals surface area (Å²) in [5, 5.41) is 0. The number of alkyl halides is 1. The SMILES string of the molecule is C/C=C(F)\C(C)=N/[C@H](C)CF. The summed E-state index contributed by atoms with van der Waals surface area (Å²) < 4.78 is 24.5. The topological polar surface area (TPSA) is 12.4 Å². The van der Waals surface area contributed by atoms with E-state index in [9.17, 15) is 8.78 Å². The van der Waals surface area contributed by atoms with Crippen molar-refractivity contribution >= 4 is 5.71 Å². The van der Waals surface area contributed by atoms with E-state index in [0.717, 1.165) is 0 Å². The Bertz CT molecular complexity index is 173. The molecule has 0 heterocycles. The molecule has 64 valence electrons. The Morgan fingerprint density at radius 3 is 2.55 bits per heavy atom. The van der Waals surface area contributed by atoms with Crippen molar-refractivity contribution in [3.8, 4) is 0 Å². The molecular formula is C8H13F2N. The van der Waals surface area contributed by atoms with Gasteiger partial charge in [-0.05, 0) is 26.8 Å². The number of nitrogens with zero attached hydrogens (tertiary/aromatic N) is 1. The zero-order valence-corrected chi connectivity index (χ0v) is 7.06. The highest BCUT2D eigenvalue weighted by Crippen LogP contribution is 2.02. The Morgan fingerprint density at radius 2 is 2.18 bits per heavy atom. The van der Waals surface area contributed by atoms with Crippen LogP contribution < -0.4 is 0 Å². The molecule has 0 radical (unpaired) electrons. The van der Waals surface area contributed by atoms with Gasteiger partial charge in [0, 0.05) is 0 Å². The van der Waals surface area contributed by atoms with Gasteiger partial charge in [0.05, 0.1) is 11.8 Å². The normalized spacial score (nSPS) is 16.8. The van der Waals surface area contributed by atoms with Gasteiger partial charge in [0.1, 0.15) is 12.5 Å². The maximum Gasteiger partial charge on any atom is 0.139 e. The van der Waals surface area contributed by atoms with E-state index in [1.54, 1.807) is 13.8 Å². The molecule has 1 nitrogen and oxygen atoms in total. The molecule has 11 heavy (non-hydrogen) atoms. The van der Waals surface area contributed by atoms with Crippen LogP contribution in [-0.4, -0.2) is 18.4 Å². The molecular weight excluding hydrogens is 148 g/mol. The maximum absolute atomic E-state index is 12.6. The summed E-state index contributed by atoms with van der Waals surface area (Å²) in [6.07, 6.45) is 1.31. The Balaban J connectivity index is 4.21. The summed E-state index contributed by atoms with van der Waals surface area (Å²) in [5.74, 6) is -0.384. The van der Waals surface area contributed by atoms with Gasteiger partial charge in [-0.25, -0.2) is 8.78 Å². The molecule has 1 atom stereocenters. The van der Waals surface area contributed by atoms with E-state index in [-0.39, 0.29) is 11.5 Å². The summed E-state index contributed by atoms with van der Waals surface area (Å²) in [6.45, 7) is 4.16. The lowest BCUT2D eigenvalue weighted by molar-refractivity contribution is 0.446. The van der Waals surface area contributed by atoms with Crippen LogP contribution in [-0.2, 0) is 0 Å². The van der Waals surface area contributed by atoms with Crippen molar-refractivity contribution in [3.63, 3.8) is 0 Å². The Hall–Kier alpha value is -0.730. The van der Waals surface area contributed by atoms with Gasteiger partial charge in [-0.2, -0.15) is 0 Å². The lowest BCUT2D eigenvalue weighted by Gasteiger charge is -2.01. The molecule has 0 aliphatic heterocycles. The predicted molar refractivity (Wildman–Crippen MR) is 43.4 cm³/mol. The first-order valence-electron chi connectivity index (χ1n) is 3.54. The third kappa shape index (κ3) is 3.86. The third-order valence-electron chi connectivity index (χ3n) is 1.24. The van der Waals surface area contributed by atoms with Gasteiger partial charge in [0.2, 0.25) is 0 Å². The van der Waals surface area contributed by atoms with Crippen LogP contribution in [0.2, 0.25) is 0 Å². The first-order valence-corrected chi connectivity index (χ1v) is 3.54. The van der Waals surface area contributed by atoms with Crippen LogP contribution in [0.3, 0.4) is 0 Å². The van der Waals surface area contributed by atoms with Crippen LogP contribution in [0.25, 0.3) is 0 Å². The van der Waals surface area contributed by atoms with E-state index in [4.69, 9.17) is 0 Å². The number of halogens is 2. The van der Waals surface area contributed by atoms with Crippen molar-refractivity contribution in [1.82, 2.24) is 0 Å². The summed E-state index contributed by atoms with van der Waals surface area (Å²) in [5.41, 5.74) is 0.262. The van der Waals surface area contributed by atoms with Crippen molar-refractivity contribution < 1.29 is 8.78 Å². The zero-order chi connectivity index (χ0) is 8.85. The van der Waals surface area contributed by atoms with Gasteiger partial charge in [0.25, 0.3) is 0 Å². The lowest BCUT2D eigenvalue weighted by Crippen LogP contribution is -2.04. The first kappa shape index (κ1) is 10.3. The van der Waals surface area contributed by atoms with Crippen LogP contribution in [0.1, 0.15) is 20.8 Å². The Morgan fingerprint density at radius 1 is 1.64 bits per heavy atom. The highest BCUT2D eigenvalue weighted by Gasteiger charge is 2.01. The van der Waals surface area contributed by atoms with Gasteiger partial charge in [0.15, 0.2) is 0 Å². The molecule has 0 spiro atoms. The van der Waals surface area contributed by atoms with Gasteiger partial charge < -0.3 is 0 Å². The molecule has 0 aromatic carbocycles. The highest BCUT2D eigenvalue weighted by molar-refractivity contribution is 5.96. The number of allylic oxidation sites excluding steroid dienone is 2. The molecule has 0 aliphatic rings. The van der Waals surface area contributed by atoms with Crippen LogP contribution >= 0.6 is 0 Å². The minimum Gasteiger partial charge on any atom is -0.281 e. The fourth-order valence-electron chi connectivity index (χ4n) is 0.636. The van der Waals surface area contributed by atoms with E-state index < -0.39 is 12.7 Å². The van der Waals surface area contributed by atoms with E-state index in [1.807, 2.05) is 0 Å². The zero-order valence-electron chi connectivity index (χ0n) is 7.06. The van der Waals surface area contributed by atoms with Crippen LogP contribution in [0.4, 0.5) is 8.78 Å². The molecule has 0 unspecified atom stereocenters. The first-order chi connectivity index (χ1) is 5.11. The Kier molecular flexibility index (Phi) is 4.66. The Labute approximate surface area is 65.8 Å². The van der Waals surface area contributed by atoms with Crippen molar-refractivity contribution in [3.05, 3.63) is 11.9 Å². The van der Waals surface area contributed by atoms with Crippen LogP contribution in [0, 0.1) is 0 Å².